The first-order valence-electron chi connectivity index (χ1n) is 10.3. The third-order valence-corrected chi connectivity index (χ3v) is 27.9. The summed E-state index contributed by atoms with van der Waals surface area (Å²) in [5.74, 6) is -0.690. The van der Waals surface area contributed by atoms with Crippen LogP contribution in [0.2, 0.25) is 0 Å². The van der Waals surface area contributed by atoms with Gasteiger partial charge in [-0.3, -0.25) is 0 Å². The third kappa shape index (κ3) is 3.95. The summed E-state index contributed by atoms with van der Waals surface area (Å²) in [6.45, 7) is 9.39. The van der Waals surface area contributed by atoms with E-state index in [-0.39, 0.29) is 0 Å². The van der Waals surface area contributed by atoms with Gasteiger partial charge in [0, 0.05) is 0 Å². The van der Waals surface area contributed by atoms with Crippen LogP contribution in [0.25, 0.3) is 0 Å². The average Bonchev–Trinajstić information content (AvgIpc) is 3.20. The molecule has 0 radical (unpaired) electrons. The topological polar surface area (TPSA) is 0 Å². The van der Waals surface area contributed by atoms with E-state index >= 15 is 0 Å². The second-order valence-corrected chi connectivity index (χ2v) is 23.1. The van der Waals surface area contributed by atoms with Crippen molar-refractivity contribution in [3.05, 3.63) is 102 Å². The molecule has 0 saturated carbocycles. The van der Waals surface area contributed by atoms with E-state index in [0.29, 0.717) is 5.92 Å². The Balaban J connectivity index is 1.90. The Kier molecular flexibility index (Phi) is 5.99. The van der Waals surface area contributed by atoms with Crippen LogP contribution in [0, 0.1) is 5.92 Å². The quantitative estimate of drug-likeness (QED) is 0.535. The van der Waals surface area contributed by atoms with Crippen molar-refractivity contribution >= 4 is 16.3 Å². The molecule has 0 amide bonds. The van der Waals surface area contributed by atoms with E-state index in [0.717, 1.165) is 0 Å². The molecule has 0 fully saturated rings. The predicted octanol–water partition coefficient (Wildman–Crippen LogP) is 5.25. The zero-order valence-corrected chi connectivity index (χ0v) is 21.0. The molecule has 2 aromatic carbocycles. The van der Waals surface area contributed by atoms with Gasteiger partial charge in [0.1, 0.15) is 0 Å². The molecule has 2 heteroatoms. The van der Waals surface area contributed by atoms with E-state index in [9.17, 15) is 0 Å². The van der Waals surface area contributed by atoms with Crippen molar-refractivity contribution in [2.24, 2.45) is 5.92 Å². The Morgan fingerprint density at radius 3 is 1.82 bits per heavy atom. The van der Waals surface area contributed by atoms with E-state index in [4.69, 9.17) is 0 Å². The van der Waals surface area contributed by atoms with Gasteiger partial charge in [-0.1, -0.05) is 0 Å². The normalized spacial score (nSPS) is 19.0. The van der Waals surface area contributed by atoms with Crippen LogP contribution < -0.4 is 10.4 Å². The molecule has 2 aliphatic rings. The molecule has 4 rings (SSSR count). The average molecular weight is 461 g/mol. The second kappa shape index (κ2) is 8.47. The summed E-state index contributed by atoms with van der Waals surface area (Å²) in [4.78, 5) is 0. The van der Waals surface area contributed by atoms with Crippen molar-refractivity contribution in [2.75, 3.05) is 0 Å². The standard InChI is InChI=1S/C12H11Si.2C7H9.Zr/c1-3-7-11(8-4-1)13-12-9-5-2-6-10-12;2*1-6-3-4-7(2)5-6;/h1-10,13H;5H,3H2,1-2H3;3,5,7H,1-2H3;. The maximum atomic E-state index is 2.57. The number of rotatable bonds is 5. The van der Waals surface area contributed by atoms with Crippen molar-refractivity contribution in [1.29, 1.82) is 0 Å². The summed E-state index contributed by atoms with van der Waals surface area (Å²) in [5, 5.41) is 3.26. The van der Waals surface area contributed by atoms with E-state index in [1.807, 2.05) is 6.56 Å². The van der Waals surface area contributed by atoms with Gasteiger partial charge < -0.3 is 0 Å². The Morgan fingerprint density at radius 1 is 0.821 bits per heavy atom. The monoisotopic (exact) mass is 459 g/mol. The van der Waals surface area contributed by atoms with Crippen molar-refractivity contribution < 1.29 is 20.9 Å². The number of benzene rings is 2. The molecule has 141 valence electrons. The molecule has 0 spiro atoms. The fraction of sp³-hybridized carbons (Fsp3) is 0.231. The summed E-state index contributed by atoms with van der Waals surface area (Å²) in [6.07, 6.45) is 8.73. The van der Waals surface area contributed by atoms with Crippen molar-refractivity contribution in [3.63, 3.8) is 0 Å². The summed E-state index contributed by atoms with van der Waals surface area (Å²) in [5.41, 5.74) is 4.60. The van der Waals surface area contributed by atoms with Gasteiger partial charge in [0.25, 0.3) is 0 Å². The fourth-order valence-corrected chi connectivity index (χ4v) is 30.1. The molecular formula is C26H29SiZr. The van der Waals surface area contributed by atoms with Gasteiger partial charge in [0.05, 0.1) is 0 Å². The van der Waals surface area contributed by atoms with Crippen LogP contribution in [0.15, 0.2) is 102 Å². The van der Waals surface area contributed by atoms with E-state index in [1.165, 1.54) is 12.0 Å². The van der Waals surface area contributed by atoms with Crippen molar-refractivity contribution in [3.8, 4) is 0 Å². The Morgan fingerprint density at radius 2 is 1.39 bits per heavy atom. The second-order valence-electron chi connectivity index (χ2n) is 8.30. The predicted molar refractivity (Wildman–Crippen MR) is 121 cm³/mol. The summed E-state index contributed by atoms with van der Waals surface area (Å²) >= 11 is -2.10. The molecule has 0 nitrogen and oxygen atoms in total. The molecule has 0 N–H and O–H groups in total. The van der Waals surface area contributed by atoms with Gasteiger partial charge >= 0.3 is 179 Å². The molecule has 0 heterocycles. The SMILES string of the molecule is CC1=CC(C)[C]([Zr]([C]2=C(C)C=C(C)C2)[SiH](c2ccccc2)c2ccccc2)=C1. The van der Waals surface area contributed by atoms with Crippen molar-refractivity contribution in [1.82, 2.24) is 0 Å². The summed E-state index contributed by atoms with van der Waals surface area (Å²) in [6, 6.07) is 23.0. The van der Waals surface area contributed by atoms with Crippen LogP contribution in [0.5, 0.6) is 0 Å². The van der Waals surface area contributed by atoms with Gasteiger partial charge in [0.2, 0.25) is 0 Å². The summed E-state index contributed by atoms with van der Waals surface area (Å²) in [7, 11) is 0. The van der Waals surface area contributed by atoms with Crippen LogP contribution in [-0.2, 0) is 20.9 Å². The van der Waals surface area contributed by atoms with E-state index < -0.39 is 26.8 Å². The molecule has 2 aliphatic carbocycles. The van der Waals surface area contributed by atoms with E-state index in [2.05, 4.69) is 107 Å². The minimum atomic E-state index is -2.10. The minimum absolute atomic E-state index is 0.609. The first-order chi connectivity index (χ1) is 13.5. The Bertz CT molecular complexity index is 940. The molecule has 28 heavy (non-hydrogen) atoms. The zero-order chi connectivity index (χ0) is 19.7. The molecule has 1 atom stereocenters. The maximum absolute atomic E-state index is 2.57. The van der Waals surface area contributed by atoms with Gasteiger partial charge in [-0.25, -0.2) is 0 Å². The molecule has 0 saturated heterocycles. The summed E-state index contributed by atoms with van der Waals surface area (Å²) < 4.78 is 3.67. The van der Waals surface area contributed by atoms with Gasteiger partial charge in [-0.05, 0) is 0 Å². The van der Waals surface area contributed by atoms with E-state index in [1.54, 1.807) is 21.5 Å². The molecular weight excluding hydrogens is 432 g/mol. The molecule has 0 aromatic heterocycles. The van der Waals surface area contributed by atoms with Crippen LogP contribution in [0.4, 0.5) is 0 Å². The Hall–Kier alpha value is -1.50. The third-order valence-electron chi connectivity index (χ3n) is 5.97. The number of allylic oxidation sites excluding steroid dienone is 8. The zero-order valence-electron chi connectivity index (χ0n) is 17.4. The molecule has 0 aliphatic heterocycles. The van der Waals surface area contributed by atoms with Crippen LogP contribution in [0.1, 0.15) is 34.1 Å². The van der Waals surface area contributed by atoms with Crippen molar-refractivity contribution in [2.45, 2.75) is 34.1 Å². The molecule has 2 aromatic rings. The van der Waals surface area contributed by atoms with Crippen LogP contribution >= 0.6 is 0 Å². The van der Waals surface area contributed by atoms with Crippen LogP contribution in [-0.4, -0.2) is 5.92 Å². The Labute approximate surface area is 178 Å². The van der Waals surface area contributed by atoms with Gasteiger partial charge in [-0.15, -0.1) is 0 Å². The first-order valence-corrected chi connectivity index (χ1v) is 18.7. The first kappa shape index (κ1) is 19.8. The van der Waals surface area contributed by atoms with Crippen LogP contribution in [0.3, 0.4) is 0 Å². The fourth-order valence-electron chi connectivity index (χ4n) is 4.80. The van der Waals surface area contributed by atoms with Gasteiger partial charge in [0.15, 0.2) is 0 Å². The molecule has 0 bridgehead atoms. The number of hydrogen-bond donors (Lipinski definition) is 0. The number of hydrogen-bond acceptors (Lipinski definition) is 0. The van der Waals surface area contributed by atoms with Gasteiger partial charge in [-0.2, -0.15) is 0 Å². The molecule has 1 unspecified atom stereocenters.